The SMILES string of the molecule is O=C(O)C(=O)C=C(O)c1csc(Cc2ccccc2F)n1. The Hall–Kier alpha value is -2.54. The van der Waals surface area contributed by atoms with E-state index >= 15 is 0 Å². The second kappa shape index (κ2) is 6.27. The molecule has 2 N–H and O–H groups in total. The lowest BCUT2D eigenvalue weighted by molar-refractivity contribution is -0.146. The molecule has 0 aliphatic rings. The largest absolute Gasteiger partial charge is 0.506 e. The lowest BCUT2D eigenvalue weighted by Crippen LogP contribution is -2.09. The van der Waals surface area contributed by atoms with Crippen molar-refractivity contribution in [1.29, 1.82) is 0 Å². The summed E-state index contributed by atoms with van der Waals surface area (Å²) in [5.41, 5.74) is 0.546. The van der Waals surface area contributed by atoms with Crippen LogP contribution < -0.4 is 0 Å². The van der Waals surface area contributed by atoms with E-state index in [1.807, 2.05) is 0 Å². The number of hydrogen-bond acceptors (Lipinski definition) is 5. The summed E-state index contributed by atoms with van der Waals surface area (Å²) in [5.74, 6) is -3.78. The van der Waals surface area contributed by atoms with Crippen LogP contribution in [0.1, 0.15) is 16.3 Å². The average molecular weight is 307 g/mol. The molecule has 0 aliphatic heterocycles. The fraction of sp³-hybridized carbons (Fsp3) is 0.0714. The highest BCUT2D eigenvalue weighted by atomic mass is 32.1. The number of halogens is 1. The van der Waals surface area contributed by atoms with Crippen LogP contribution in [0.3, 0.4) is 0 Å². The number of carboxylic acids is 1. The zero-order chi connectivity index (χ0) is 15.4. The van der Waals surface area contributed by atoms with E-state index in [0.717, 1.165) is 0 Å². The molecule has 0 radical (unpaired) electrons. The van der Waals surface area contributed by atoms with Gasteiger partial charge in [-0.2, -0.15) is 0 Å². The lowest BCUT2D eigenvalue weighted by Gasteiger charge is -1.99. The van der Waals surface area contributed by atoms with E-state index in [0.29, 0.717) is 16.6 Å². The molecule has 21 heavy (non-hydrogen) atoms. The molecule has 0 saturated carbocycles. The maximum absolute atomic E-state index is 13.5. The molecule has 0 atom stereocenters. The molecular formula is C14H10FNO4S. The number of thiazole rings is 1. The van der Waals surface area contributed by atoms with Crippen molar-refractivity contribution in [1.82, 2.24) is 4.98 Å². The fourth-order valence-corrected chi connectivity index (χ4v) is 2.39. The molecule has 2 aromatic rings. The smallest absolute Gasteiger partial charge is 0.376 e. The Labute approximate surface area is 123 Å². The van der Waals surface area contributed by atoms with Gasteiger partial charge in [-0.05, 0) is 11.6 Å². The second-order valence-corrected chi connectivity index (χ2v) is 5.04. The predicted octanol–water partition coefficient (Wildman–Crippen LogP) is 2.43. The quantitative estimate of drug-likeness (QED) is 0.503. The first-order valence-electron chi connectivity index (χ1n) is 5.83. The van der Waals surface area contributed by atoms with E-state index in [-0.39, 0.29) is 17.9 Å². The van der Waals surface area contributed by atoms with Crippen LogP contribution in [-0.2, 0) is 16.0 Å². The van der Waals surface area contributed by atoms with Gasteiger partial charge in [0.15, 0.2) is 0 Å². The van der Waals surface area contributed by atoms with E-state index in [1.54, 1.807) is 18.2 Å². The van der Waals surface area contributed by atoms with E-state index < -0.39 is 17.5 Å². The van der Waals surface area contributed by atoms with Crippen LogP contribution in [0.15, 0.2) is 35.7 Å². The van der Waals surface area contributed by atoms with Gasteiger partial charge in [0, 0.05) is 17.9 Å². The molecule has 2 rings (SSSR count). The van der Waals surface area contributed by atoms with Crippen molar-refractivity contribution in [2.45, 2.75) is 6.42 Å². The van der Waals surface area contributed by atoms with Crippen molar-refractivity contribution in [2.75, 3.05) is 0 Å². The molecule has 108 valence electrons. The molecule has 0 spiro atoms. The van der Waals surface area contributed by atoms with E-state index in [1.165, 1.54) is 22.8 Å². The van der Waals surface area contributed by atoms with Gasteiger partial charge in [-0.3, -0.25) is 4.79 Å². The topological polar surface area (TPSA) is 87.5 Å². The van der Waals surface area contributed by atoms with Crippen molar-refractivity contribution in [2.24, 2.45) is 0 Å². The van der Waals surface area contributed by atoms with E-state index in [2.05, 4.69) is 4.98 Å². The third kappa shape index (κ3) is 3.73. The normalized spacial score (nSPS) is 11.4. The molecule has 0 bridgehead atoms. The van der Waals surface area contributed by atoms with Gasteiger partial charge in [-0.25, -0.2) is 14.2 Å². The first kappa shape index (κ1) is 14.9. The Kier molecular flexibility index (Phi) is 4.44. The molecule has 1 aromatic heterocycles. The molecule has 0 saturated heterocycles. The van der Waals surface area contributed by atoms with Crippen LogP contribution >= 0.6 is 11.3 Å². The summed E-state index contributed by atoms with van der Waals surface area (Å²) in [6.07, 6.45) is 0.835. The van der Waals surface area contributed by atoms with Gasteiger partial charge in [-0.1, -0.05) is 18.2 Å². The monoisotopic (exact) mass is 307 g/mol. The number of nitrogens with zero attached hydrogens (tertiary/aromatic N) is 1. The van der Waals surface area contributed by atoms with Gasteiger partial charge in [0.05, 0.1) is 5.01 Å². The number of carbonyl (C=O) groups excluding carboxylic acids is 1. The van der Waals surface area contributed by atoms with Crippen molar-refractivity contribution >= 4 is 28.8 Å². The Morgan fingerprint density at radius 2 is 2.00 bits per heavy atom. The Morgan fingerprint density at radius 3 is 2.67 bits per heavy atom. The summed E-state index contributed by atoms with van der Waals surface area (Å²) in [4.78, 5) is 25.4. The number of rotatable bonds is 5. The Balaban J connectivity index is 2.17. The van der Waals surface area contributed by atoms with E-state index in [9.17, 15) is 19.1 Å². The van der Waals surface area contributed by atoms with Crippen LogP contribution in [0.25, 0.3) is 5.76 Å². The summed E-state index contributed by atoms with van der Waals surface area (Å²) in [7, 11) is 0. The van der Waals surface area contributed by atoms with Gasteiger partial charge >= 0.3 is 5.97 Å². The highest BCUT2D eigenvalue weighted by molar-refractivity contribution is 7.09. The zero-order valence-electron chi connectivity index (χ0n) is 10.6. The maximum atomic E-state index is 13.5. The highest BCUT2D eigenvalue weighted by Gasteiger charge is 2.13. The van der Waals surface area contributed by atoms with Crippen LogP contribution in [0.2, 0.25) is 0 Å². The maximum Gasteiger partial charge on any atom is 0.376 e. The third-order valence-corrected chi connectivity index (χ3v) is 3.44. The number of hydrogen-bond donors (Lipinski definition) is 2. The summed E-state index contributed by atoms with van der Waals surface area (Å²) in [5, 5.41) is 20.1. The van der Waals surface area contributed by atoms with Gasteiger partial charge in [-0.15, -0.1) is 11.3 Å². The van der Waals surface area contributed by atoms with Gasteiger partial charge in [0.25, 0.3) is 5.78 Å². The van der Waals surface area contributed by atoms with Crippen molar-refractivity contribution in [3.8, 4) is 0 Å². The molecule has 0 aliphatic carbocycles. The van der Waals surface area contributed by atoms with Crippen molar-refractivity contribution in [3.63, 3.8) is 0 Å². The molecule has 0 fully saturated rings. The number of aromatic nitrogens is 1. The molecule has 0 unspecified atom stereocenters. The van der Waals surface area contributed by atoms with Gasteiger partial charge in [0.2, 0.25) is 0 Å². The Bertz CT molecular complexity index is 723. The minimum Gasteiger partial charge on any atom is -0.506 e. The molecule has 1 heterocycles. The van der Waals surface area contributed by atoms with Gasteiger partial charge in [0.1, 0.15) is 17.3 Å². The summed E-state index contributed by atoms with van der Waals surface area (Å²) in [6, 6.07) is 6.25. The number of aliphatic carboxylic acids is 1. The van der Waals surface area contributed by atoms with Crippen molar-refractivity contribution < 1.29 is 24.2 Å². The number of carbonyl (C=O) groups is 2. The lowest BCUT2D eigenvalue weighted by atomic mass is 10.1. The fourth-order valence-electron chi connectivity index (χ4n) is 1.57. The third-order valence-electron chi connectivity index (χ3n) is 2.59. The van der Waals surface area contributed by atoms with Crippen molar-refractivity contribution in [3.05, 3.63) is 57.8 Å². The van der Waals surface area contributed by atoms with Crippen LogP contribution in [-0.4, -0.2) is 26.9 Å². The molecule has 7 heteroatoms. The predicted molar refractivity (Wildman–Crippen MR) is 74.6 cm³/mol. The molecule has 0 amide bonds. The number of aliphatic hydroxyl groups is 1. The van der Waals surface area contributed by atoms with Crippen LogP contribution in [0.4, 0.5) is 4.39 Å². The molecule has 1 aromatic carbocycles. The standard InChI is InChI=1S/C14H10FNO4S/c15-9-4-2-1-3-8(9)5-13-16-10(7-21-13)11(17)6-12(18)14(19)20/h1-4,6-7,17H,5H2,(H,19,20). The minimum atomic E-state index is -1.66. The summed E-state index contributed by atoms with van der Waals surface area (Å²) < 4.78 is 13.5. The van der Waals surface area contributed by atoms with Crippen LogP contribution in [0.5, 0.6) is 0 Å². The number of aliphatic hydroxyl groups excluding tert-OH is 1. The average Bonchev–Trinajstić information content (AvgIpc) is 2.90. The summed E-state index contributed by atoms with van der Waals surface area (Å²) in [6.45, 7) is 0. The van der Waals surface area contributed by atoms with E-state index in [4.69, 9.17) is 5.11 Å². The molecule has 5 nitrogen and oxygen atoms in total. The van der Waals surface area contributed by atoms with Gasteiger partial charge < -0.3 is 10.2 Å². The summed E-state index contributed by atoms with van der Waals surface area (Å²) >= 11 is 1.18. The Morgan fingerprint density at radius 1 is 1.29 bits per heavy atom. The minimum absolute atomic E-state index is 0.0842. The second-order valence-electron chi connectivity index (χ2n) is 4.09. The van der Waals surface area contributed by atoms with Crippen LogP contribution in [0, 0.1) is 5.82 Å². The number of carboxylic acid groups (broad SMARTS) is 1. The highest BCUT2D eigenvalue weighted by Crippen LogP contribution is 2.20. The zero-order valence-corrected chi connectivity index (χ0v) is 11.4. The first-order valence-corrected chi connectivity index (χ1v) is 6.71. The number of ketones is 1. The first-order chi connectivity index (χ1) is 9.97. The molecular weight excluding hydrogens is 297 g/mol. The number of benzene rings is 1.